The monoisotopic (exact) mass is 272 g/mol. The molecule has 80 valence electrons. The average molecular weight is 273 g/mol. The Kier molecular flexibility index (Phi) is 2.78. The highest BCUT2D eigenvalue weighted by atomic mass is 79.9. The van der Waals surface area contributed by atoms with Crippen molar-refractivity contribution in [3.05, 3.63) is 28.0 Å². The van der Waals surface area contributed by atoms with Gasteiger partial charge in [0.1, 0.15) is 11.6 Å². The van der Waals surface area contributed by atoms with Crippen LogP contribution in [0.15, 0.2) is 16.6 Å². The van der Waals surface area contributed by atoms with Crippen LogP contribution < -0.4 is 4.74 Å². The van der Waals surface area contributed by atoms with E-state index in [0.29, 0.717) is 22.2 Å². The summed E-state index contributed by atoms with van der Waals surface area (Å²) in [5, 5.41) is 0. The Labute approximate surface area is 95.6 Å². The SMILES string of the molecule is CCCC1Oc2cc(F)c(Br)cc2C1=O. The second kappa shape index (κ2) is 3.93. The summed E-state index contributed by atoms with van der Waals surface area (Å²) < 4.78 is 18.9. The normalized spacial score (nSPS) is 18.9. The van der Waals surface area contributed by atoms with E-state index in [1.807, 2.05) is 6.92 Å². The minimum atomic E-state index is -0.432. The van der Waals surface area contributed by atoms with Gasteiger partial charge in [-0.25, -0.2) is 4.39 Å². The molecule has 1 aromatic carbocycles. The van der Waals surface area contributed by atoms with Crippen molar-refractivity contribution in [3.63, 3.8) is 0 Å². The first-order chi connectivity index (χ1) is 7.13. The molecule has 0 N–H and O–H groups in total. The number of carbonyl (C=O) groups is 1. The zero-order valence-corrected chi connectivity index (χ0v) is 9.80. The molecule has 4 heteroatoms. The summed E-state index contributed by atoms with van der Waals surface area (Å²) in [4.78, 5) is 11.8. The minimum absolute atomic E-state index is 0.0486. The molecular weight excluding hydrogens is 263 g/mol. The van der Waals surface area contributed by atoms with Crippen LogP contribution in [0.2, 0.25) is 0 Å². The predicted octanol–water partition coefficient (Wildman–Crippen LogP) is 3.33. The lowest BCUT2D eigenvalue weighted by Crippen LogP contribution is -2.19. The molecule has 2 nitrogen and oxygen atoms in total. The van der Waals surface area contributed by atoms with E-state index in [0.717, 1.165) is 6.42 Å². The number of ketones is 1. The highest BCUT2D eigenvalue weighted by Crippen LogP contribution is 2.34. The molecule has 0 bridgehead atoms. The van der Waals surface area contributed by atoms with E-state index in [4.69, 9.17) is 4.74 Å². The van der Waals surface area contributed by atoms with Gasteiger partial charge in [-0.2, -0.15) is 0 Å². The van der Waals surface area contributed by atoms with Gasteiger partial charge < -0.3 is 4.74 Å². The number of ether oxygens (including phenoxy) is 1. The molecule has 1 unspecified atom stereocenters. The number of benzene rings is 1. The fourth-order valence-electron chi connectivity index (χ4n) is 1.65. The summed E-state index contributed by atoms with van der Waals surface area (Å²) in [5.41, 5.74) is 0.474. The molecular formula is C11H10BrFO2. The lowest BCUT2D eigenvalue weighted by atomic mass is 10.1. The molecule has 1 heterocycles. The fourth-order valence-corrected chi connectivity index (χ4v) is 1.99. The number of hydrogen-bond acceptors (Lipinski definition) is 2. The van der Waals surface area contributed by atoms with Crippen LogP contribution in [-0.4, -0.2) is 11.9 Å². The van der Waals surface area contributed by atoms with E-state index in [9.17, 15) is 9.18 Å². The highest BCUT2D eigenvalue weighted by Gasteiger charge is 2.32. The molecule has 0 amide bonds. The summed E-state index contributed by atoms with van der Waals surface area (Å²) in [6, 6.07) is 2.75. The average Bonchev–Trinajstić information content (AvgIpc) is 2.47. The maximum atomic E-state index is 13.2. The van der Waals surface area contributed by atoms with Gasteiger partial charge in [-0.05, 0) is 28.4 Å². The Morgan fingerprint density at radius 3 is 2.93 bits per heavy atom. The Balaban J connectivity index is 2.37. The molecule has 0 saturated carbocycles. The highest BCUT2D eigenvalue weighted by molar-refractivity contribution is 9.10. The lowest BCUT2D eigenvalue weighted by molar-refractivity contribution is 0.0845. The zero-order chi connectivity index (χ0) is 11.0. The van der Waals surface area contributed by atoms with Crippen LogP contribution in [-0.2, 0) is 0 Å². The molecule has 0 aromatic heterocycles. The molecule has 0 saturated heterocycles. The largest absolute Gasteiger partial charge is 0.481 e. The van der Waals surface area contributed by atoms with Gasteiger partial charge in [0.25, 0.3) is 0 Å². The summed E-state index contributed by atoms with van der Waals surface area (Å²) in [6.07, 6.45) is 1.11. The Bertz CT molecular complexity index is 417. The van der Waals surface area contributed by atoms with E-state index >= 15 is 0 Å². The van der Waals surface area contributed by atoms with Crippen molar-refractivity contribution < 1.29 is 13.9 Å². The van der Waals surface area contributed by atoms with Crippen molar-refractivity contribution >= 4 is 21.7 Å². The third kappa shape index (κ3) is 1.78. The van der Waals surface area contributed by atoms with Crippen LogP contribution in [0.1, 0.15) is 30.1 Å². The van der Waals surface area contributed by atoms with Crippen LogP contribution in [0.25, 0.3) is 0 Å². The van der Waals surface area contributed by atoms with E-state index in [2.05, 4.69) is 15.9 Å². The molecule has 0 aliphatic carbocycles. The Morgan fingerprint density at radius 1 is 1.53 bits per heavy atom. The molecule has 0 radical (unpaired) electrons. The number of Topliss-reactive ketones (excluding diaryl/α,β-unsaturated/α-hetero) is 1. The van der Waals surface area contributed by atoms with Crippen molar-refractivity contribution in [1.29, 1.82) is 0 Å². The molecule has 1 aliphatic rings. The first kappa shape index (κ1) is 10.6. The van der Waals surface area contributed by atoms with Crippen molar-refractivity contribution in [2.24, 2.45) is 0 Å². The molecule has 1 aromatic rings. The lowest BCUT2D eigenvalue weighted by Gasteiger charge is -2.06. The quantitative estimate of drug-likeness (QED) is 0.826. The smallest absolute Gasteiger partial charge is 0.207 e. The van der Waals surface area contributed by atoms with E-state index in [-0.39, 0.29) is 5.78 Å². The maximum absolute atomic E-state index is 13.2. The van der Waals surface area contributed by atoms with Gasteiger partial charge in [-0.15, -0.1) is 0 Å². The standard InChI is InChI=1S/C11H10BrFO2/c1-2-3-9-11(14)6-4-7(12)8(13)5-10(6)15-9/h4-5,9H,2-3H2,1H3. The molecule has 1 aliphatic heterocycles. The van der Waals surface area contributed by atoms with Crippen molar-refractivity contribution in [2.45, 2.75) is 25.9 Å². The van der Waals surface area contributed by atoms with Crippen molar-refractivity contribution in [3.8, 4) is 5.75 Å². The Hall–Kier alpha value is -0.900. The molecule has 1 atom stereocenters. The number of hydrogen-bond donors (Lipinski definition) is 0. The van der Waals surface area contributed by atoms with Crippen LogP contribution >= 0.6 is 15.9 Å². The number of fused-ring (bicyclic) bond motifs is 1. The molecule has 2 rings (SSSR count). The fraction of sp³-hybridized carbons (Fsp3) is 0.364. The summed E-state index contributed by atoms with van der Waals surface area (Å²) >= 11 is 3.05. The maximum Gasteiger partial charge on any atom is 0.207 e. The van der Waals surface area contributed by atoms with Gasteiger partial charge in [0.15, 0.2) is 6.10 Å². The van der Waals surface area contributed by atoms with Crippen LogP contribution in [0.5, 0.6) is 5.75 Å². The van der Waals surface area contributed by atoms with Gasteiger partial charge in [-0.3, -0.25) is 4.79 Å². The van der Waals surface area contributed by atoms with Gasteiger partial charge in [0, 0.05) is 6.07 Å². The number of carbonyl (C=O) groups excluding carboxylic acids is 1. The zero-order valence-electron chi connectivity index (χ0n) is 8.22. The molecule has 0 fully saturated rings. The van der Waals surface area contributed by atoms with E-state index in [1.54, 1.807) is 0 Å². The second-order valence-corrected chi connectivity index (χ2v) is 4.38. The topological polar surface area (TPSA) is 26.3 Å². The summed E-state index contributed by atoms with van der Waals surface area (Å²) in [7, 11) is 0. The third-order valence-corrected chi connectivity index (χ3v) is 3.01. The third-order valence-electron chi connectivity index (χ3n) is 2.40. The number of halogens is 2. The summed E-state index contributed by atoms with van der Waals surface area (Å²) in [5.74, 6) is -0.0922. The molecule has 15 heavy (non-hydrogen) atoms. The first-order valence-electron chi connectivity index (χ1n) is 4.83. The Morgan fingerprint density at radius 2 is 2.27 bits per heavy atom. The molecule has 0 spiro atoms. The van der Waals surface area contributed by atoms with Crippen molar-refractivity contribution in [1.82, 2.24) is 0 Å². The van der Waals surface area contributed by atoms with Gasteiger partial charge in [-0.1, -0.05) is 13.3 Å². The first-order valence-corrected chi connectivity index (χ1v) is 5.62. The van der Waals surface area contributed by atoms with Crippen molar-refractivity contribution in [2.75, 3.05) is 0 Å². The van der Waals surface area contributed by atoms with Crippen LogP contribution in [0, 0.1) is 5.82 Å². The van der Waals surface area contributed by atoms with E-state index in [1.165, 1.54) is 12.1 Å². The minimum Gasteiger partial charge on any atom is -0.481 e. The van der Waals surface area contributed by atoms with Gasteiger partial charge in [0.05, 0.1) is 10.0 Å². The van der Waals surface area contributed by atoms with E-state index < -0.39 is 11.9 Å². The van der Waals surface area contributed by atoms with Gasteiger partial charge >= 0.3 is 0 Å². The summed E-state index contributed by atoms with van der Waals surface area (Å²) in [6.45, 7) is 1.98. The number of rotatable bonds is 2. The van der Waals surface area contributed by atoms with Crippen LogP contribution in [0.3, 0.4) is 0 Å². The predicted molar refractivity (Wildman–Crippen MR) is 57.8 cm³/mol. The van der Waals surface area contributed by atoms with Gasteiger partial charge in [0.2, 0.25) is 5.78 Å². The second-order valence-electron chi connectivity index (χ2n) is 3.52. The van der Waals surface area contributed by atoms with Crippen LogP contribution in [0.4, 0.5) is 4.39 Å².